The average Bonchev–Trinajstić information content (AvgIpc) is 1.63. The summed E-state index contributed by atoms with van der Waals surface area (Å²) < 4.78 is 0. The van der Waals surface area contributed by atoms with Crippen LogP contribution in [0.25, 0.3) is 0 Å². The van der Waals surface area contributed by atoms with E-state index in [0.717, 1.165) is 0 Å². The van der Waals surface area contributed by atoms with Gasteiger partial charge in [0.1, 0.15) is 5.84 Å². The lowest BCUT2D eigenvalue weighted by molar-refractivity contribution is -0.117. The Morgan fingerprint density at radius 3 is 2.67 bits per heavy atom. The van der Waals surface area contributed by atoms with Crippen LogP contribution >= 0.6 is 0 Å². The largest absolute Gasteiger partial charge is 0.310 e. The van der Waals surface area contributed by atoms with Crippen molar-refractivity contribution in [2.45, 2.75) is 6.92 Å². The van der Waals surface area contributed by atoms with Gasteiger partial charge < -0.3 is 5.32 Å². The van der Waals surface area contributed by atoms with Gasteiger partial charge in [-0.25, -0.2) is 0 Å². The van der Waals surface area contributed by atoms with E-state index in [-0.39, 0.29) is 11.7 Å². The molecule has 0 spiro atoms. The molecular weight excluding hydrogens is 118 g/mol. The number of nitrogens with zero attached hydrogens (tertiary/aromatic N) is 1. The van der Waals surface area contributed by atoms with Crippen LogP contribution in [0.4, 0.5) is 0 Å². The maximum atomic E-state index is 10.2. The van der Waals surface area contributed by atoms with Crippen molar-refractivity contribution in [2.24, 2.45) is 4.99 Å². The summed E-state index contributed by atoms with van der Waals surface area (Å²) in [4.78, 5) is 13.7. The third-order valence-electron chi connectivity index (χ3n) is 0.569. The maximum absolute atomic E-state index is 10.2. The number of rotatable bonds is 1. The van der Waals surface area contributed by atoms with Crippen LogP contribution in [-0.4, -0.2) is 25.0 Å². The minimum absolute atomic E-state index is 0.0185. The number of carbonyl (C=O) groups is 1. The molecule has 2 N–H and O–H groups in total. The summed E-state index contributed by atoms with van der Waals surface area (Å²) in [5.74, 6) is -0.232. The molecule has 0 unspecified atom stereocenters. The molecule has 0 aliphatic carbocycles. The summed E-state index contributed by atoms with van der Waals surface area (Å²) in [6.07, 6.45) is 1.27. The highest BCUT2D eigenvalue weighted by molar-refractivity contribution is 6.31. The van der Waals surface area contributed by atoms with E-state index in [1.54, 1.807) is 0 Å². The molecule has 0 aromatic rings. The van der Waals surface area contributed by atoms with Gasteiger partial charge in [-0.15, -0.1) is 0 Å². The summed E-state index contributed by atoms with van der Waals surface area (Å²) in [6.45, 7) is 1.35. The topological polar surface area (TPSA) is 65.3 Å². The molecule has 0 rings (SSSR count). The molecule has 0 aromatic heterocycles. The van der Waals surface area contributed by atoms with E-state index in [0.29, 0.717) is 0 Å². The Bertz CT molecular complexity index is 150. The number of hydrogen-bond acceptors (Lipinski definition) is 3. The highest BCUT2D eigenvalue weighted by atomic mass is 16.1. The maximum Gasteiger partial charge on any atom is 0.222 e. The smallest absolute Gasteiger partial charge is 0.222 e. The van der Waals surface area contributed by atoms with Crippen LogP contribution in [0, 0.1) is 5.41 Å². The van der Waals surface area contributed by atoms with Gasteiger partial charge in [-0.05, 0) is 0 Å². The Hall–Kier alpha value is -1.19. The molecule has 0 aromatic carbocycles. The molecule has 50 valence electrons. The Morgan fingerprint density at radius 2 is 2.33 bits per heavy atom. The highest BCUT2D eigenvalue weighted by Gasteiger charge is 1.91. The van der Waals surface area contributed by atoms with E-state index in [1.807, 2.05) is 0 Å². The van der Waals surface area contributed by atoms with E-state index < -0.39 is 0 Å². The molecule has 0 aliphatic heterocycles. The van der Waals surface area contributed by atoms with Gasteiger partial charge in [0.25, 0.3) is 0 Å². The summed E-state index contributed by atoms with van der Waals surface area (Å²) in [5, 5.41) is 9.18. The van der Waals surface area contributed by atoms with Gasteiger partial charge >= 0.3 is 0 Å². The molecular formula is C5H9N3O. The molecule has 9 heavy (non-hydrogen) atoms. The lowest BCUT2D eigenvalue weighted by atomic mass is 10.6. The molecule has 0 atom stereocenters. The van der Waals surface area contributed by atoms with E-state index in [4.69, 9.17) is 5.41 Å². The molecule has 0 saturated carbocycles. The standard InChI is InChI=1S/C5H9N3O/c1-4(9)8-5(6)3-7-2/h3H,1-2H3,(H2,6,8,9). The lowest BCUT2D eigenvalue weighted by Gasteiger charge is -1.93. The minimum Gasteiger partial charge on any atom is -0.310 e. The zero-order valence-electron chi connectivity index (χ0n) is 5.43. The quantitative estimate of drug-likeness (QED) is 0.372. The Balaban J connectivity index is 3.64. The van der Waals surface area contributed by atoms with Gasteiger partial charge in [-0.3, -0.25) is 15.2 Å². The number of nitrogens with one attached hydrogen (secondary N) is 2. The van der Waals surface area contributed by atoms with Crippen LogP contribution in [0.15, 0.2) is 4.99 Å². The first kappa shape index (κ1) is 7.81. The fraction of sp³-hybridized carbons (Fsp3) is 0.400. The highest BCUT2D eigenvalue weighted by Crippen LogP contribution is 1.62. The first-order valence-electron chi connectivity index (χ1n) is 2.45. The fourth-order valence-electron chi connectivity index (χ4n) is 0.351. The lowest BCUT2D eigenvalue weighted by Crippen LogP contribution is -2.27. The van der Waals surface area contributed by atoms with Crippen molar-refractivity contribution >= 4 is 18.0 Å². The average molecular weight is 127 g/mol. The van der Waals surface area contributed by atoms with Gasteiger partial charge in [-0.2, -0.15) is 0 Å². The normalized spacial score (nSPS) is 9.56. The fourth-order valence-corrected chi connectivity index (χ4v) is 0.351. The van der Waals surface area contributed by atoms with E-state index in [2.05, 4.69) is 10.3 Å². The molecule has 0 aliphatic rings. The third kappa shape index (κ3) is 4.67. The number of amides is 1. The number of amidine groups is 1. The molecule has 0 saturated heterocycles. The molecule has 0 heterocycles. The zero-order chi connectivity index (χ0) is 7.28. The van der Waals surface area contributed by atoms with E-state index >= 15 is 0 Å². The van der Waals surface area contributed by atoms with Crippen LogP contribution < -0.4 is 5.32 Å². The number of hydrogen-bond donors (Lipinski definition) is 2. The molecule has 0 bridgehead atoms. The summed E-state index contributed by atoms with van der Waals surface area (Å²) >= 11 is 0. The molecule has 1 amide bonds. The van der Waals surface area contributed by atoms with Crippen molar-refractivity contribution < 1.29 is 4.79 Å². The van der Waals surface area contributed by atoms with Crippen LogP contribution in [-0.2, 0) is 4.79 Å². The Labute approximate surface area is 53.5 Å². The van der Waals surface area contributed by atoms with Gasteiger partial charge in [0, 0.05) is 14.0 Å². The predicted octanol–water partition coefficient (Wildman–Crippen LogP) is -0.200. The van der Waals surface area contributed by atoms with Crippen molar-refractivity contribution in [1.82, 2.24) is 5.32 Å². The second-order valence-corrected chi connectivity index (χ2v) is 1.48. The summed E-state index contributed by atoms with van der Waals surface area (Å²) in [7, 11) is 1.54. The Morgan fingerprint density at radius 1 is 1.78 bits per heavy atom. The van der Waals surface area contributed by atoms with Crippen molar-refractivity contribution in [1.29, 1.82) is 5.41 Å². The summed E-state index contributed by atoms with van der Waals surface area (Å²) in [6, 6.07) is 0. The van der Waals surface area contributed by atoms with Gasteiger partial charge in [0.15, 0.2) is 0 Å². The van der Waals surface area contributed by atoms with Gasteiger partial charge in [-0.1, -0.05) is 0 Å². The van der Waals surface area contributed by atoms with Crippen molar-refractivity contribution in [3.05, 3.63) is 0 Å². The summed E-state index contributed by atoms with van der Waals surface area (Å²) in [5.41, 5.74) is 0. The second-order valence-electron chi connectivity index (χ2n) is 1.48. The van der Waals surface area contributed by atoms with Crippen molar-refractivity contribution in [2.75, 3.05) is 7.05 Å². The number of aliphatic imine (C=N–C) groups is 1. The van der Waals surface area contributed by atoms with Crippen LogP contribution in [0.5, 0.6) is 0 Å². The molecule has 0 radical (unpaired) electrons. The number of carbonyl (C=O) groups excluding carboxylic acids is 1. The first-order chi connectivity index (χ1) is 4.16. The SMILES string of the molecule is CN=CC(=N)NC(C)=O. The molecule has 4 nitrogen and oxygen atoms in total. The van der Waals surface area contributed by atoms with E-state index in [1.165, 1.54) is 20.2 Å². The van der Waals surface area contributed by atoms with Crippen molar-refractivity contribution in [3.63, 3.8) is 0 Å². The molecule has 0 fully saturated rings. The predicted molar refractivity (Wildman–Crippen MR) is 36.0 cm³/mol. The Kier molecular flexibility index (Phi) is 3.27. The van der Waals surface area contributed by atoms with Crippen molar-refractivity contribution in [3.8, 4) is 0 Å². The van der Waals surface area contributed by atoms with E-state index in [9.17, 15) is 4.79 Å². The zero-order valence-corrected chi connectivity index (χ0v) is 5.43. The monoisotopic (exact) mass is 127 g/mol. The van der Waals surface area contributed by atoms with Gasteiger partial charge in [0.2, 0.25) is 5.91 Å². The first-order valence-corrected chi connectivity index (χ1v) is 2.45. The molecule has 4 heteroatoms. The van der Waals surface area contributed by atoms with Crippen LogP contribution in [0.3, 0.4) is 0 Å². The minimum atomic E-state index is -0.250. The van der Waals surface area contributed by atoms with Crippen LogP contribution in [0.1, 0.15) is 6.92 Å². The van der Waals surface area contributed by atoms with Crippen LogP contribution in [0.2, 0.25) is 0 Å². The second kappa shape index (κ2) is 3.77. The van der Waals surface area contributed by atoms with Gasteiger partial charge in [0.05, 0.1) is 6.21 Å². The third-order valence-corrected chi connectivity index (χ3v) is 0.569.